The molecule has 2 saturated heterocycles. The summed E-state index contributed by atoms with van der Waals surface area (Å²) < 4.78 is 0. The highest BCUT2D eigenvalue weighted by Crippen LogP contribution is 2.47. The van der Waals surface area contributed by atoms with Crippen molar-refractivity contribution in [1.29, 1.82) is 0 Å². The molecule has 3 rings (SSSR count). The summed E-state index contributed by atoms with van der Waals surface area (Å²) in [5.41, 5.74) is 0.652. The maximum Gasteiger partial charge on any atom is 0.193 e. The Morgan fingerprint density at radius 3 is 2.40 bits per heavy atom. The fourth-order valence-electron chi connectivity index (χ4n) is 5.17. The van der Waals surface area contributed by atoms with E-state index in [0.29, 0.717) is 5.41 Å². The van der Waals surface area contributed by atoms with Crippen LogP contribution in [0, 0.1) is 17.3 Å². The number of hydrogen-bond donors (Lipinski definition) is 1. The first kappa shape index (κ1) is 21.3. The van der Waals surface area contributed by atoms with Gasteiger partial charge in [0.2, 0.25) is 0 Å². The van der Waals surface area contributed by atoms with E-state index in [1.54, 1.807) is 0 Å². The topological polar surface area (TPSA) is 30.9 Å². The van der Waals surface area contributed by atoms with E-state index in [-0.39, 0.29) is 24.0 Å². The summed E-state index contributed by atoms with van der Waals surface area (Å²) >= 11 is 0. The maximum absolute atomic E-state index is 4.52. The van der Waals surface area contributed by atoms with E-state index in [2.05, 4.69) is 34.0 Å². The Balaban J connectivity index is 0.00000225. The van der Waals surface area contributed by atoms with Crippen molar-refractivity contribution in [1.82, 2.24) is 15.1 Å². The van der Waals surface area contributed by atoms with Gasteiger partial charge in [-0.15, -0.1) is 24.0 Å². The number of likely N-dealkylation sites (tertiary alicyclic amines) is 2. The van der Waals surface area contributed by atoms with Crippen molar-refractivity contribution in [3.8, 4) is 0 Å². The van der Waals surface area contributed by atoms with Crippen LogP contribution in [-0.2, 0) is 0 Å². The fraction of sp³-hybridized carbons (Fsp3) is 0.950. The Morgan fingerprint density at radius 1 is 1.12 bits per heavy atom. The molecule has 146 valence electrons. The number of unbranched alkanes of at least 4 members (excludes halogenated alkanes) is 1. The minimum absolute atomic E-state index is 0. The van der Waals surface area contributed by atoms with Gasteiger partial charge in [0, 0.05) is 39.8 Å². The van der Waals surface area contributed by atoms with Gasteiger partial charge in [-0.25, -0.2) is 0 Å². The molecule has 2 aliphatic heterocycles. The van der Waals surface area contributed by atoms with Crippen LogP contribution in [0.25, 0.3) is 0 Å². The Bertz CT molecular complexity index is 425. The summed E-state index contributed by atoms with van der Waals surface area (Å²) in [5.74, 6) is 2.89. The van der Waals surface area contributed by atoms with Crippen LogP contribution in [0.5, 0.6) is 0 Å². The number of piperidine rings is 1. The Morgan fingerprint density at radius 2 is 1.84 bits per heavy atom. The number of aliphatic imine (C=N–C) groups is 1. The third-order valence-electron chi connectivity index (χ3n) is 6.49. The number of guanidine groups is 1. The lowest BCUT2D eigenvalue weighted by Gasteiger charge is -2.38. The van der Waals surface area contributed by atoms with Gasteiger partial charge in [-0.05, 0) is 62.3 Å². The Kier molecular flexibility index (Phi) is 8.31. The molecule has 2 unspecified atom stereocenters. The number of nitrogens with one attached hydrogen (secondary N) is 1. The molecule has 4 nitrogen and oxygen atoms in total. The van der Waals surface area contributed by atoms with Crippen LogP contribution >= 0.6 is 24.0 Å². The average Bonchev–Trinajstić information content (AvgIpc) is 2.95. The molecular formula is C20H39IN4. The molecule has 3 fully saturated rings. The number of nitrogens with zero attached hydrogens (tertiary/aromatic N) is 3. The van der Waals surface area contributed by atoms with Crippen molar-refractivity contribution in [2.24, 2.45) is 22.2 Å². The standard InChI is InChI=1S/C20H38N4.HI/c1-17-13-18(2)15-23(14-17)11-5-4-10-22-19(21-3)24-12-9-20(16-24)7-6-8-20;/h17-18H,4-16H2,1-3H3,(H,21,22);1H. The first-order valence-corrected chi connectivity index (χ1v) is 10.3. The second kappa shape index (κ2) is 9.77. The first-order chi connectivity index (χ1) is 11.6. The molecule has 1 spiro atoms. The molecular weight excluding hydrogens is 423 g/mol. The zero-order chi connectivity index (χ0) is 17.0. The lowest BCUT2D eigenvalue weighted by Crippen LogP contribution is -2.43. The molecule has 25 heavy (non-hydrogen) atoms. The van der Waals surface area contributed by atoms with E-state index >= 15 is 0 Å². The lowest BCUT2D eigenvalue weighted by molar-refractivity contribution is 0.139. The maximum atomic E-state index is 4.52. The summed E-state index contributed by atoms with van der Waals surface area (Å²) in [7, 11) is 1.94. The average molecular weight is 462 g/mol. The largest absolute Gasteiger partial charge is 0.356 e. The molecule has 1 N–H and O–H groups in total. The van der Waals surface area contributed by atoms with Crippen molar-refractivity contribution >= 4 is 29.9 Å². The van der Waals surface area contributed by atoms with Crippen molar-refractivity contribution in [2.75, 3.05) is 46.3 Å². The highest BCUT2D eigenvalue weighted by Gasteiger charge is 2.43. The van der Waals surface area contributed by atoms with E-state index in [0.717, 1.165) is 24.3 Å². The molecule has 0 amide bonds. The van der Waals surface area contributed by atoms with Gasteiger partial charge < -0.3 is 15.1 Å². The number of hydrogen-bond acceptors (Lipinski definition) is 2. The SMILES string of the molecule is CN=C(NCCCCN1CC(C)CC(C)C1)N1CCC2(CCC2)C1.I. The Hall–Kier alpha value is -0.0400. The molecule has 0 aromatic carbocycles. The smallest absolute Gasteiger partial charge is 0.193 e. The van der Waals surface area contributed by atoms with Crippen molar-refractivity contribution in [3.05, 3.63) is 0 Å². The zero-order valence-electron chi connectivity index (χ0n) is 16.6. The first-order valence-electron chi connectivity index (χ1n) is 10.3. The van der Waals surface area contributed by atoms with Crippen LogP contribution in [0.15, 0.2) is 4.99 Å². The van der Waals surface area contributed by atoms with E-state index in [1.807, 2.05) is 7.05 Å². The van der Waals surface area contributed by atoms with E-state index in [9.17, 15) is 0 Å². The molecule has 0 aromatic heterocycles. The monoisotopic (exact) mass is 462 g/mol. The van der Waals surface area contributed by atoms with Crippen molar-refractivity contribution < 1.29 is 0 Å². The van der Waals surface area contributed by atoms with Gasteiger partial charge in [0.25, 0.3) is 0 Å². The van der Waals surface area contributed by atoms with Crippen LogP contribution in [0.1, 0.15) is 58.8 Å². The van der Waals surface area contributed by atoms with E-state index < -0.39 is 0 Å². The van der Waals surface area contributed by atoms with Crippen LogP contribution in [0.4, 0.5) is 0 Å². The van der Waals surface area contributed by atoms with Gasteiger partial charge in [-0.1, -0.05) is 20.3 Å². The second-order valence-corrected chi connectivity index (χ2v) is 8.91. The lowest BCUT2D eigenvalue weighted by atomic mass is 9.68. The summed E-state index contributed by atoms with van der Waals surface area (Å²) in [6, 6.07) is 0. The van der Waals surface area contributed by atoms with Gasteiger partial charge in [-0.3, -0.25) is 4.99 Å². The van der Waals surface area contributed by atoms with Crippen LogP contribution < -0.4 is 5.32 Å². The van der Waals surface area contributed by atoms with Gasteiger partial charge >= 0.3 is 0 Å². The zero-order valence-corrected chi connectivity index (χ0v) is 18.9. The highest BCUT2D eigenvalue weighted by molar-refractivity contribution is 14.0. The minimum atomic E-state index is 0. The number of halogens is 1. The summed E-state index contributed by atoms with van der Waals surface area (Å²) in [6.45, 7) is 12.2. The van der Waals surface area contributed by atoms with Gasteiger partial charge in [0.05, 0.1) is 0 Å². The van der Waals surface area contributed by atoms with Crippen LogP contribution in [-0.4, -0.2) is 62.1 Å². The molecule has 5 heteroatoms. The second-order valence-electron chi connectivity index (χ2n) is 8.91. The van der Waals surface area contributed by atoms with Gasteiger partial charge in [-0.2, -0.15) is 0 Å². The fourth-order valence-corrected chi connectivity index (χ4v) is 5.17. The molecule has 0 radical (unpaired) electrons. The van der Waals surface area contributed by atoms with Gasteiger partial charge in [0.15, 0.2) is 5.96 Å². The summed E-state index contributed by atoms with van der Waals surface area (Å²) in [6.07, 6.45) is 9.64. The predicted molar refractivity (Wildman–Crippen MR) is 118 cm³/mol. The molecule has 1 aliphatic carbocycles. The third kappa shape index (κ3) is 5.72. The summed E-state index contributed by atoms with van der Waals surface area (Å²) in [4.78, 5) is 9.69. The molecule has 2 atom stereocenters. The quantitative estimate of drug-likeness (QED) is 0.292. The predicted octanol–water partition coefficient (Wildman–Crippen LogP) is 3.81. The van der Waals surface area contributed by atoms with E-state index in [4.69, 9.17) is 0 Å². The molecule has 3 aliphatic rings. The molecule has 1 saturated carbocycles. The summed E-state index contributed by atoms with van der Waals surface area (Å²) in [5, 5.41) is 3.61. The van der Waals surface area contributed by atoms with Gasteiger partial charge in [0.1, 0.15) is 0 Å². The molecule has 0 aromatic rings. The van der Waals surface area contributed by atoms with E-state index in [1.165, 1.54) is 77.7 Å². The Labute approximate surface area is 172 Å². The van der Waals surface area contributed by atoms with Crippen LogP contribution in [0.3, 0.4) is 0 Å². The highest BCUT2D eigenvalue weighted by atomic mass is 127. The normalized spacial score (nSPS) is 29.4. The van der Waals surface area contributed by atoms with Crippen molar-refractivity contribution in [3.63, 3.8) is 0 Å². The van der Waals surface area contributed by atoms with Crippen LogP contribution in [0.2, 0.25) is 0 Å². The third-order valence-corrected chi connectivity index (χ3v) is 6.49. The molecule has 2 heterocycles. The van der Waals surface area contributed by atoms with Crippen molar-refractivity contribution in [2.45, 2.75) is 58.8 Å². The molecule has 0 bridgehead atoms. The minimum Gasteiger partial charge on any atom is -0.356 e. The number of rotatable bonds is 5.